The third-order valence-electron chi connectivity index (χ3n) is 3.99. The number of amides is 2. The summed E-state index contributed by atoms with van der Waals surface area (Å²) >= 11 is 5.83. The largest absolute Gasteiger partial charge is 0.478 e. The van der Waals surface area contributed by atoms with Gasteiger partial charge in [0, 0.05) is 42.0 Å². The minimum absolute atomic E-state index is 0.204. The van der Waals surface area contributed by atoms with Crippen molar-refractivity contribution < 1.29 is 14.7 Å². The predicted octanol–water partition coefficient (Wildman–Crippen LogP) is 2.70. The second-order valence-electron chi connectivity index (χ2n) is 5.55. The van der Waals surface area contributed by atoms with Gasteiger partial charge >= 0.3 is 12.0 Å². The number of carbonyl (C=O) groups excluding carboxylic acids is 1. The molecule has 0 aliphatic carbocycles. The van der Waals surface area contributed by atoms with E-state index in [2.05, 4.69) is 10.3 Å². The van der Waals surface area contributed by atoms with Gasteiger partial charge in [-0.2, -0.15) is 0 Å². The average Bonchev–Trinajstić information content (AvgIpc) is 2.59. The zero-order valence-electron chi connectivity index (χ0n) is 12.8. The van der Waals surface area contributed by atoms with E-state index >= 15 is 0 Å². The molecular weight excluding hydrogens is 330 g/mol. The minimum Gasteiger partial charge on any atom is -0.478 e. The third-order valence-corrected chi connectivity index (χ3v) is 4.24. The summed E-state index contributed by atoms with van der Waals surface area (Å²) in [5.41, 5.74) is 2.50. The first-order valence-corrected chi connectivity index (χ1v) is 7.89. The zero-order chi connectivity index (χ0) is 17.1. The normalized spacial score (nSPS) is 13.3. The lowest BCUT2D eigenvalue weighted by Gasteiger charge is -2.29. The molecule has 0 saturated heterocycles. The quantitative estimate of drug-likeness (QED) is 0.896. The minimum atomic E-state index is -1.00. The average molecular weight is 346 g/mol. The van der Waals surface area contributed by atoms with Crippen molar-refractivity contribution in [3.05, 3.63) is 63.9 Å². The van der Waals surface area contributed by atoms with Gasteiger partial charge in [-0.15, -0.1) is 0 Å². The van der Waals surface area contributed by atoms with Gasteiger partial charge in [0.05, 0.1) is 12.1 Å². The van der Waals surface area contributed by atoms with Crippen molar-refractivity contribution in [3.8, 4) is 0 Å². The van der Waals surface area contributed by atoms with E-state index in [0.29, 0.717) is 30.1 Å². The molecule has 0 bridgehead atoms. The molecule has 3 rings (SSSR count). The fourth-order valence-corrected chi connectivity index (χ4v) is 2.83. The first-order chi connectivity index (χ1) is 11.5. The van der Waals surface area contributed by atoms with Gasteiger partial charge < -0.3 is 15.3 Å². The number of urea groups is 1. The maximum atomic E-state index is 12.4. The van der Waals surface area contributed by atoms with E-state index in [0.717, 1.165) is 11.3 Å². The van der Waals surface area contributed by atoms with E-state index in [9.17, 15) is 14.7 Å². The van der Waals surface area contributed by atoms with Crippen LogP contribution in [-0.2, 0) is 19.5 Å². The predicted molar refractivity (Wildman–Crippen MR) is 89.0 cm³/mol. The maximum Gasteiger partial charge on any atom is 0.336 e. The van der Waals surface area contributed by atoms with Crippen LogP contribution in [0.3, 0.4) is 0 Å². The Morgan fingerprint density at radius 2 is 2.00 bits per heavy atom. The zero-order valence-corrected chi connectivity index (χ0v) is 13.6. The molecule has 0 atom stereocenters. The molecule has 2 N–H and O–H groups in total. The van der Waals surface area contributed by atoms with Crippen LogP contribution in [0.2, 0.25) is 5.02 Å². The van der Waals surface area contributed by atoms with Crippen molar-refractivity contribution in [2.24, 2.45) is 0 Å². The summed E-state index contributed by atoms with van der Waals surface area (Å²) in [6, 6.07) is 8.48. The fraction of sp³-hybridized carbons (Fsp3) is 0.235. The molecule has 0 saturated carbocycles. The van der Waals surface area contributed by atoms with Gasteiger partial charge in [0.15, 0.2) is 0 Å². The highest BCUT2D eigenvalue weighted by molar-refractivity contribution is 6.30. The van der Waals surface area contributed by atoms with Crippen LogP contribution in [0, 0.1) is 0 Å². The molecule has 6 nitrogen and oxygen atoms in total. The highest BCUT2D eigenvalue weighted by atomic mass is 35.5. The summed E-state index contributed by atoms with van der Waals surface area (Å²) in [7, 11) is 0. The summed E-state index contributed by atoms with van der Waals surface area (Å²) in [5, 5.41) is 12.8. The van der Waals surface area contributed by atoms with E-state index in [1.807, 2.05) is 12.1 Å². The Balaban J connectivity index is 1.67. The van der Waals surface area contributed by atoms with Gasteiger partial charge in [0.2, 0.25) is 0 Å². The number of halogens is 1. The Hall–Kier alpha value is -2.60. The second-order valence-corrected chi connectivity index (χ2v) is 5.98. The van der Waals surface area contributed by atoms with Crippen LogP contribution in [0.15, 0.2) is 36.5 Å². The molecule has 1 aromatic carbocycles. The van der Waals surface area contributed by atoms with Crippen LogP contribution in [0.4, 0.5) is 4.79 Å². The van der Waals surface area contributed by atoms with Gasteiger partial charge in [-0.1, -0.05) is 23.7 Å². The van der Waals surface area contributed by atoms with Crippen LogP contribution in [-0.4, -0.2) is 33.5 Å². The Labute approximate surface area is 144 Å². The Morgan fingerprint density at radius 3 is 2.71 bits per heavy atom. The number of carbonyl (C=O) groups is 2. The molecule has 7 heteroatoms. The summed E-state index contributed by atoms with van der Waals surface area (Å²) in [5.74, 6) is -1.00. The smallest absolute Gasteiger partial charge is 0.336 e. The Bertz CT molecular complexity index is 777. The van der Waals surface area contributed by atoms with Crippen LogP contribution >= 0.6 is 11.6 Å². The van der Waals surface area contributed by atoms with Crippen molar-refractivity contribution in [2.45, 2.75) is 19.5 Å². The van der Waals surface area contributed by atoms with Crippen LogP contribution in [0.25, 0.3) is 0 Å². The summed E-state index contributed by atoms with van der Waals surface area (Å²) in [6.45, 7) is 1.14. The monoisotopic (exact) mass is 345 g/mol. The van der Waals surface area contributed by atoms with Gasteiger partial charge in [0.25, 0.3) is 0 Å². The summed E-state index contributed by atoms with van der Waals surface area (Å²) < 4.78 is 0. The fourth-order valence-electron chi connectivity index (χ4n) is 2.70. The number of pyridine rings is 1. The van der Waals surface area contributed by atoms with Crippen molar-refractivity contribution in [2.75, 3.05) is 6.54 Å². The molecule has 0 fully saturated rings. The van der Waals surface area contributed by atoms with Crippen molar-refractivity contribution in [3.63, 3.8) is 0 Å². The van der Waals surface area contributed by atoms with Crippen molar-refractivity contribution >= 4 is 23.6 Å². The molecule has 124 valence electrons. The molecule has 0 unspecified atom stereocenters. The number of nitrogens with zero attached hydrogens (tertiary/aromatic N) is 2. The molecule has 2 amide bonds. The number of carboxylic acids is 1. The molecule has 2 aromatic rings. The number of aromatic nitrogens is 1. The number of carboxylic acid groups (broad SMARTS) is 1. The van der Waals surface area contributed by atoms with Gasteiger partial charge in [-0.05, 0) is 23.8 Å². The van der Waals surface area contributed by atoms with Gasteiger partial charge in [-0.3, -0.25) is 4.98 Å². The van der Waals surface area contributed by atoms with E-state index in [-0.39, 0.29) is 18.1 Å². The standard InChI is InChI=1S/C17H16ClN3O3/c18-12-3-1-11(2-4-12)9-20-17(24)21-8-6-15-14(10-21)13(16(22)23)5-7-19-15/h1-5,7H,6,8-10H2,(H,20,24)(H,22,23). The highest BCUT2D eigenvalue weighted by Crippen LogP contribution is 2.21. The Morgan fingerprint density at radius 1 is 1.25 bits per heavy atom. The van der Waals surface area contributed by atoms with Crippen molar-refractivity contribution in [1.29, 1.82) is 0 Å². The van der Waals surface area contributed by atoms with Gasteiger partial charge in [0.1, 0.15) is 0 Å². The molecule has 1 aliphatic rings. The lowest BCUT2D eigenvalue weighted by Crippen LogP contribution is -2.43. The number of hydrogen-bond acceptors (Lipinski definition) is 3. The van der Waals surface area contributed by atoms with E-state index in [4.69, 9.17) is 11.6 Å². The number of nitrogens with one attached hydrogen (secondary N) is 1. The number of hydrogen-bond donors (Lipinski definition) is 2. The Kier molecular flexibility index (Phi) is 4.66. The third kappa shape index (κ3) is 3.49. The first-order valence-electron chi connectivity index (χ1n) is 7.52. The first kappa shape index (κ1) is 16.3. The van der Waals surface area contributed by atoms with Crippen LogP contribution in [0.1, 0.15) is 27.2 Å². The lowest BCUT2D eigenvalue weighted by molar-refractivity contribution is 0.0693. The van der Waals surface area contributed by atoms with Crippen molar-refractivity contribution in [1.82, 2.24) is 15.2 Å². The van der Waals surface area contributed by atoms with E-state index < -0.39 is 5.97 Å². The number of fused-ring (bicyclic) bond motifs is 1. The number of aromatic carboxylic acids is 1. The SMILES string of the molecule is O=C(O)c1ccnc2c1CN(C(=O)NCc1ccc(Cl)cc1)CC2. The molecule has 0 radical (unpaired) electrons. The lowest BCUT2D eigenvalue weighted by atomic mass is 10.0. The van der Waals surface area contributed by atoms with E-state index in [1.165, 1.54) is 12.3 Å². The summed E-state index contributed by atoms with van der Waals surface area (Å²) in [4.78, 5) is 29.5. The van der Waals surface area contributed by atoms with Crippen LogP contribution in [0.5, 0.6) is 0 Å². The van der Waals surface area contributed by atoms with Gasteiger partial charge in [-0.25, -0.2) is 9.59 Å². The highest BCUT2D eigenvalue weighted by Gasteiger charge is 2.25. The van der Waals surface area contributed by atoms with Crippen LogP contribution < -0.4 is 5.32 Å². The number of rotatable bonds is 3. The molecular formula is C17H16ClN3O3. The second kappa shape index (κ2) is 6.88. The molecule has 2 heterocycles. The maximum absolute atomic E-state index is 12.4. The molecule has 1 aromatic heterocycles. The molecule has 0 spiro atoms. The summed E-state index contributed by atoms with van der Waals surface area (Å²) in [6.07, 6.45) is 2.05. The molecule has 1 aliphatic heterocycles. The van der Waals surface area contributed by atoms with E-state index in [1.54, 1.807) is 17.0 Å². The topological polar surface area (TPSA) is 82.5 Å². The molecule has 24 heavy (non-hydrogen) atoms. The number of benzene rings is 1.